The van der Waals surface area contributed by atoms with Crippen LogP contribution in [-0.4, -0.2) is 22.2 Å². The van der Waals surface area contributed by atoms with Gasteiger partial charge in [0.25, 0.3) is 5.22 Å². The third kappa shape index (κ3) is 3.04. The Labute approximate surface area is 110 Å². The molecule has 0 spiro atoms. The summed E-state index contributed by atoms with van der Waals surface area (Å²) in [5.74, 6) is -0.00254. The molecule has 18 heavy (non-hydrogen) atoms. The van der Waals surface area contributed by atoms with Crippen LogP contribution in [-0.2, 0) is 4.79 Å². The van der Waals surface area contributed by atoms with Crippen LogP contribution in [0.2, 0.25) is 0 Å². The molecule has 1 aromatic carbocycles. The van der Waals surface area contributed by atoms with E-state index >= 15 is 0 Å². The van der Waals surface area contributed by atoms with Crippen molar-refractivity contribution in [3.8, 4) is 0 Å². The minimum Gasteiger partial charge on any atom is -0.431 e. The van der Waals surface area contributed by atoms with Gasteiger partial charge in [0.05, 0.1) is 5.25 Å². The number of nitrogens with zero attached hydrogens (tertiary/aromatic N) is 1. The lowest BCUT2D eigenvalue weighted by Crippen LogP contribution is -2.35. The summed E-state index contributed by atoms with van der Waals surface area (Å²) < 4.78 is 5.57. The van der Waals surface area contributed by atoms with E-state index in [1.165, 1.54) is 11.8 Å². The Morgan fingerprint density at radius 2 is 2.06 bits per heavy atom. The number of para-hydroxylation sites is 2. The molecule has 1 N–H and O–H groups in total. The van der Waals surface area contributed by atoms with E-state index in [4.69, 9.17) is 4.42 Å². The molecule has 2 rings (SSSR count). The van der Waals surface area contributed by atoms with Crippen LogP contribution in [0.25, 0.3) is 11.1 Å². The number of hydrogen-bond donors (Lipinski definition) is 1. The molecule has 0 saturated heterocycles. The molecule has 4 nitrogen and oxygen atoms in total. The Morgan fingerprint density at radius 1 is 1.33 bits per heavy atom. The van der Waals surface area contributed by atoms with Crippen molar-refractivity contribution in [1.82, 2.24) is 10.3 Å². The van der Waals surface area contributed by atoms with E-state index in [9.17, 15) is 4.79 Å². The molecule has 0 unspecified atom stereocenters. The molecule has 1 heterocycles. The average molecular weight is 264 g/mol. The molecule has 2 aromatic rings. The molecule has 0 fully saturated rings. The lowest BCUT2D eigenvalue weighted by molar-refractivity contribution is -0.120. The van der Waals surface area contributed by atoms with Crippen LogP contribution in [0.3, 0.4) is 0 Å². The van der Waals surface area contributed by atoms with Crippen LogP contribution >= 0.6 is 11.8 Å². The maximum Gasteiger partial charge on any atom is 0.257 e. The zero-order chi connectivity index (χ0) is 13.1. The van der Waals surface area contributed by atoms with Crippen molar-refractivity contribution in [1.29, 1.82) is 0 Å². The summed E-state index contributed by atoms with van der Waals surface area (Å²) in [5, 5.41) is 3.18. The third-order valence-electron chi connectivity index (χ3n) is 2.35. The van der Waals surface area contributed by atoms with Crippen LogP contribution < -0.4 is 5.32 Å². The topological polar surface area (TPSA) is 55.1 Å². The fourth-order valence-electron chi connectivity index (χ4n) is 1.51. The van der Waals surface area contributed by atoms with E-state index in [0.717, 1.165) is 11.1 Å². The summed E-state index contributed by atoms with van der Waals surface area (Å²) >= 11 is 1.33. The molecule has 5 heteroatoms. The second kappa shape index (κ2) is 5.44. The van der Waals surface area contributed by atoms with E-state index in [0.29, 0.717) is 5.22 Å². The SMILES string of the molecule is CC(C)NC(=O)[C@H](C)Sc1nc2ccccc2o1. The van der Waals surface area contributed by atoms with Gasteiger partial charge in [0, 0.05) is 6.04 Å². The molecule has 0 aliphatic heterocycles. The first-order valence-corrected chi connectivity index (χ1v) is 6.77. The van der Waals surface area contributed by atoms with E-state index in [-0.39, 0.29) is 17.2 Å². The number of amides is 1. The van der Waals surface area contributed by atoms with Crippen LogP contribution in [0.4, 0.5) is 0 Å². The molecular formula is C13H16N2O2S. The van der Waals surface area contributed by atoms with Gasteiger partial charge in [-0.05, 0) is 32.9 Å². The summed E-state index contributed by atoms with van der Waals surface area (Å²) in [4.78, 5) is 16.1. The quantitative estimate of drug-likeness (QED) is 0.863. The van der Waals surface area contributed by atoms with Crippen molar-refractivity contribution in [2.75, 3.05) is 0 Å². The Morgan fingerprint density at radius 3 is 2.72 bits per heavy atom. The van der Waals surface area contributed by atoms with Crippen molar-refractivity contribution in [3.05, 3.63) is 24.3 Å². The van der Waals surface area contributed by atoms with Crippen molar-refractivity contribution in [2.24, 2.45) is 0 Å². The van der Waals surface area contributed by atoms with Crippen LogP contribution in [0.15, 0.2) is 33.9 Å². The smallest absolute Gasteiger partial charge is 0.257 e. The van der Waals surface area contributed by atoms with Crippen molar-refractivity contribution < 1.29 is 9.21 Å². The van der Waals surface area contributed by atoms with Crippen LogP contribution in [0.1, 0.15) is 20.8 Å². The molecule has 1 amide bonds. The highest BCUT2D eigenvalue weighted by molar-refractivity contribution is 8.00. The van der Waals surface area contributed by atoms with Gasteiger partial charge in [-0.2, -0.15) is 0 Å². The second-order valence-corrected chi connectivity index (χ2v) is 5.66. The van der Waals surface area contributed by atoms with E-state index < -0.39 is 0 Å². The molecule has 1 atom stereocenters. The minimum absolute atomic E-state index is 0.00254. The minimum atomic E-state index is -0.222. The normalized spacial score (nSPS) is 12.9. The van der Waals surface area contributed by atoms with Gasteiger partial charge in [-0.25, -0.2) is 4.98 Å². The van der Waals surface area contributed by atoms with Crippen LogP contribution in [0, 0.1) is 0 Å². The summed E-state index contributed by atoms with van der Waals surface area (Å²) in [6, 6.07) is 7.71. The number of carbonyl (C=O) groups excluding carboxylic acids is 1. The second-order valence-electron chi connectivity index (χ2n) is 4.37. The largest absolute Gasteiger partial charge is 0.431 e. The van der Waals surface area contributed by atoms with Gasteiger partial charge in [-0.3, -0.25) is 4.79 Å². The molecule has 0 aliphatic carbocycles. The average Bonchev–Trinajstić information content (AvgIpc) is 2.69. The Balaban J connectivity index is 2.06. The maximum absolute atomic E-state index is 11.8. The number of rotatable bonds is 4. The third-order valence-corrected chi connectivity index (χ3v) is 3.30. The number of thioether (sulfide) groups is 1. The fraction of sp³-hybridized carbons (Fsp3) is 0.385. The first-order chi connectivity index (χ1) is 8.56. The highest BCUT2D eigenvalue weighted by atomic mass is 32.2. The van der Waals surface area contributed by atoms with Crippen LogP contribution in [0.5, 0.6) is 0 Å². The molecule has 0 aliphatic rings. The van der Waals surface area contributed by atoms with E-state index in [1.807, 2.05) is 45.0 Å². The number of benzene rings is 1. The first-order valence-electron chi connectivity index (χ1n) is 5.89. The van der Waals surface area contributed by atoms with Gasteiger partial charge in [0.15, 0.2) is 5.58 Å². The molecule has 1 aromatic heterocycles. The summed E-state index contributed by atoms with van der Waals surface area (Å²) in [6.07, 6.45) is 0. The Bertz CT molecular complexity index is 518. The van der Waals surface area contributed by atoms with E-state index in [1.54, 1.807) is 0 Å². The lowest BCUT2D eigenvalue weighted by atomic mass is 10.3. The molecule has 0 saturated carbocycles. The highest BCUT2D eigenvalue weighted by Gasteiger charge is 2.18. The van der Waals surface area contributed by atoms with Crippen molar-refractivity contribution in [2.45, 2.75) is 37.3 Å². The maximum atomic E-state index is 11.8. The predicted molar refractivity (Wildman–Crippen MR) is 72.6 cm³/mol. The van der Waals surface area contributed by atoms with Crippen molar-refractivity contribution in [3.63, 3.8) is 0 Å². The number of fused-ring (bicyclic) bond motifs is 1. The van der Waals surface area contributed by atoms with Gasteiger partial charge in [-0.15, -0.1) is 0 Å². The monoisotopic (exact) mass is 264 g/mol. The van der Waals surface area contributed by atoms with Crippen molar-refractivity contribution >= 4 is 28.8 Å². The molecule has 0 radical (unpaired) electrons. The molecule has 96 valence electrons. The Kier molecular flexibility index (Phi) is 3.91. The zero-order valence-electron chi connectivity index (χ0n) is 10.6. The van der Waals surface area contributed by atoms with Gasteiger partial charge in [0.1, 0.15) is 5.52 Å². The number of oxazole rings is 1. The number of carbonyl (C=O) groups is 1. The predicted octanol–water partition coefficient (Wildman–Crippen LogP) is 2.83. The summed E-state index contributed by atoms with van der Waals surface area (Å²) in [6.45, 7) is 5.72. The van der Waals surface area contributed by atoms with Gasteiger partial charge >= 0.3 is 0 Å². The highest BCUT2D eigenvalue weighted by Crippen LogP contribution is 2.26. The fourth-order valence-corrected chi connectivity index (χ4v) is 2.27. The van der Waals surface area contributed by atoms with Gasteiger partial charge in [-0.1, -0.05) is 23.9 Å². The Hall–Kier alpha value is -1.49. The van der Waals surface area contributed by atoms with Gasteiger partial charge in [0.2, 0.25) is 5.91 Å². The molecular weight excluding hydrogens is 248 g/mol. The number of nitrogens with one attached hydrogen (secondary N) is 1. The first kappa shape index (κ1) is 13.0. The van der Waals surface area contributed by atoms with E-state index in [2.05, 4.69) is 10.3 Å². The lowest BCUT2D eigenvalue weighted by Gasteiger charge is -2.12. The molecule has 0 bridgehead atoms. The summed E-state index contributed by atoms with van der Waals surface area (Å²) in [7, 11) is 0. The summed E-state index contributed by atoms with van der Waals surface area (Å²) in [5.41, 5.74) is 1.56. The number of hydrogen-bond acceptors (Lipinski definition) is 4. The van der Waals surface area contributed by atoms with Gasteiger partial charge < -0.3 is 9.73 Å². The zero-order valence-corrected chi connectivity index (χ0v) is 11.5. The number of aromatic nitrogens is 1. The standard InChI is InChI=1S/C13H16N2O2S/c1-8(2)14-12(16)9(3)18-13-15-10-6-4-5-7-11(10)17-13/h4-9H,1-3H3,(H,14,16)/t9-/m0/s1.